The first kappa shape index (κ1) is 10.0. The predicted octanol–water partition coefficient (Wildman–Crippen LogP) is 1.61. The molecule has 0 atom stereocenters. The van der Waals surface area contributed by atoms with Gasteiger partial charge in [-0.3, -0.25) is 11.3 Å². The van der Waals surface area contributed by atoms with Crippen molar-refractivity contribution >= 4 is 34.2 Å². The average molecular weight is 299 g/mol. The minimum Gasteiger partial charge on any atom is -0.507 e. The molecular formula is C7H8ClIN2O. The third-order valence-electron chi connectivity index (χ3n) is 1.40. The maximum Gasteiger partial charge on any atom is 0.133 e. The van der Waals surface area contributed by atoms with Crippen molar-refractivity contribution in [3.8, 4) is 5.75 Å². The molecule has 5 heteroatoms. The van der Waals surface area contributed by atoms with Crippen molar-refractivity contribution in [3.05, 3.63) is 26.3 Å². The lowest BCUT2D eigenvalue weighted by molar-refractivity contribution is 0.461. The molecule has 0 bridgehead atoms. The van der Waals surface area contributed by atoms with E-state index in [9.17, 15) is 5.11 Å². The highest BCUT2D eigenvalue weighted by Gasteiger charge is 2.05. The van der Waals surface area contributed by atoms with E-state index in [1.54, 1.807) is 12.1 Å². The molecule has 0 saturated heterocycles. The third-order valence-corrected chi connectivity index (χ3v) is 2.44. The molecule has 1 aromatic carbocycles. The van der Waals surface area contributed by atoms with Crippen LogP contribution in [0.3, 0.4) is 0 Å². The second kappa shape index (κ2) is 4.27. The fraction of sp³-hybridized carbons (Fsp3) is 0.143. The first-order valence-electron chi connectivity index (χ1n) is 3.25. The molecular weight excluding hydrogens is 290 g/mol. The molecule has 3 nitrogen and oxygen atoms in total. The second-order valence-corrected chi connectivity index (χ2v) is 3.87. The summed E-state index contributed by atoms with van der Waals surface area (Å²) in [6, 6.07) is 3.37. The molecule has 0 amide bonds. The first-order chi connectivity index (χ1) is 5.65. The highest BCUT2D eigenvalue weighted by molar-refractivity contribution is 14.1. The molecule has 1 rings (SSSR count). The van der Waals surface area contributed by atoms with Gasteiger partial charge in [0.2, 0.25) is 0 Å². The number of hydrogen-bond donors (Lipinski definition) is 3. The minimum absolute atomic E-state index is 0.234. The summed E-state index contributed by atoms with van der Waals surface area (Å²) in [7, 11) is 0. The third kappa shape index (κ3) is 2.22. The van der Waals surface area contributed by atoms with Crippen LogP contribution in [0.4, 0.5) is 0 Å². The zero-order valence-electron chi connectivity index (χ0n) is 6.14. The molecule has 0 fully saturated rings. The molecule has 66 valence electrons. The van der Waals surface area contributed by atoms with Crippen LogP contribution < -0.4 is 11.3 Å². The van der Waals surface area contributed by atoms with Gasteiger partial charge >= 0.3 is 0 Å². The SMILES string of the molecule is NNCc1cc(Cl)cc(I)c1O. The summed E-state index contributed by atoms with van der Waals surface area (Å²) < 4.78 is 0.727. The highest BCUT2D eigenvalue weighted by Crippen LogP contribution is 2.27. The molecule has 4 N–H and O–H groups in total. The molecule has 0 aliphatic carbocycles. The molecule has 0 aliphatic heterocycles. The summed E-state index contributed by atoms with van der Waals surface area (Å²) in [4.78, 5) is 0. The van der Waals surface area contributed by atoms with Crippen LogP contribution in [-0.4, -0.2) is 5.11 Å². The van der Waals surface area contributed by atoms with Crippen molar-refractivity contribution in [1.82, 2.24) is 5.43 Å². The van der Waals surface area contributed by atoms with Gasteiger partial charge in [-0.05, 0) is 34.7 Å². The summed E-state index contributed by atoms with van der Waals surface area (Å²) in [5.41, 5.74) is 3.16. The lowest BCUT2D eigenvalue weighted by Gasteiger charge is -2.05. The second-order valence-electron chi connectivity index (χ2n) is 2.28. The van der Waals surface area contributed by atoms with E-state index in [0.29, 0.717) is 17.1 Å². The average Bonchev–Trinajstić information content (AvgIpc) is 2.00. The minimum atomic E-state index is 0.234. The van der Waals surface area contributed by atoms with Crippen molar-refractivity contribution in [1.29, 1.82) is 0 Å². The van der Waals surface area contributed by atoms with Crippen LogP contribution in [0.2, 0.25) is 5.02 Å². The number of hydrazine groups is 1. The standard InChI is InChI=1S/C7H8ClIN2O/c8-5-1-4(3-11-10)7(12)6(9)2-5/h1-2,11-12H,3,10H2. The van der Waals surface area contributed by atoms with Crippen LogP contribution in [0.1, 0.15) is 5.56 Å². The Bertz CT molecular complexity index is 293. The largest absolute Gasteiger partial charge is 0.507 e. The summed E-state index contributed by atoms with van der Waals surface area (Å²) >= 11 is 7.79. The smallest absolute Gasteiger partial charge is 0.133 e. The molecule has 0 aromatic heterocycles. The molecule has 0 radical (unpaired) electrons. The molecule has 12 heavy (non-hydrogen) atoms. The lowest BCUT2D eigenvalue weighted by Crippen LogP contribution is -2.20. The van der Waals surface area contributed by atoms with Crippen molar-refractivity contribution < 1.29 is 5.11 Å². The Kier molecular flexibility index (Phi) is 3.57. The topological polar surface area (TPSA) is 58.3 Å². The van der Waals surface area contributed by atoms with Crippen LogP contribution in [0, 0.1) is 3.57 Å². The Balaban J connectivity index is 3.09. The number of rotatable bonds is 2. The highest BCUT2D eigenvalue weighted by atomic mass is 127. The van der Waals surface area contributed by atoms with Gasteiger partial charge in [0.1, 0.15) is 5.75 Å². The van der Waals surface area contributed by atoms with Crippen LogP contribution in [-0.2, 0) is 6.54 Å². The summed E-state index contributed by atoms with van der Waals surface area (Å²) in [6.45, 7) is 0.405. The molecule has 0 aliphatic rings. The van der Waals surface area contributed by atoms with E-state index >= 15 is 0 Å². The van der Waals surface area contributed by atoms with Crippen LogP contribution in [0.5, 0.6) is 5.75 Å². The molecule has 0 heterocycles. The van der Waals surface area contributed by atoms with Gasteiger partial charge in [0.15, 0.2) is 0 Å². The number of nitrogens with two attached hydrogens (primary N) is 1. The predicted molar refractivity (Wildman–Crippen MR) is 56.9 cm³/mol. The fourth-order valence-electron chi connectivity index (χ4n) is 0.864. The number of nitrogens with one attached hydrogen (secondary N) is 1. The molecule has 0 unspecified atom stereocenters. The quantitative estimate of drug-likeness (QED) is 0.442. The number of phenolic OH excluding ortho intramolecular Hbond substituents is 1. The van der Waals surface area contributed by atoms with Crippen molar-refractivity contribution in [2.75, 3.05) is 0 Å². The molecule has 0 saturated carbocycles. The zero-order valence-corrected chi connectivity index (χ0v) is 9.06. The van der Waals surface area contributed by atoms with E-state index in [4.69, 9.17) is 17.4 Å². The van der Waals surface area contributed by atoms with Gasteiger partial charge in [-0.15, -0.1) is 0 Å². The van der Waals surface area contributed by atoms with Gasteiger partial charge in [-0.25, -0.2) is 0 Å². The van der Waals surface area contributed by atoms with E-state index in [-0.39, 0.29) is 5.75 Å². The number of phenols is 1. The van der Waals surface area contributed by atoms with Gasteiger partial charge < -0.3 is 5.11 Å². The van der Waals surface area contributed by atoms with Crippen LogP contribution >= 0.6 is 34.2 Å². The van der Waals surface area contributed by atoms with E-state index in [2.05, 4.69) is 5.43 Å². The lowest BCUT2D eigenvalue weighted by atomic mass is 10.2. The van der Waals surface area contributed by atoms with E-state index in [0.717, 1.165) is 3.57 Å². The summed E-state index contributed by atoms with van der Waals surface area (Å²) in [5.74, 6) is 5.36. The maximum atomic E-state index is 9.49. The Morgan fingerprint density at radius 3 is 2.83 bits per heavy atom. The van der Waals surface area contributed by atoms with Crippen LogP contribution in [0.15, 0.2) is 12.1 Å². The van der Waals surface area contributed by atoms with Gasteiger partial charge in [-0.2, -0.15) is 0 Å². The van der Waals surface area contributed by atoms with Gasteiger partial charge in [0, 0.05) is 17.1 Å². The maximum absolute atomic E-state index is 9.49. The van der Waals surface area contributed by atoms with Gasteiger partial charge in [0.05, 0.1) is 3.57 Å². The summed E-state index contributed by atoms with van der Waals surface area (Å²) in [5, 5.41) is 10.1. The summed E-state index contributed by atoms with van der Waals surface area (Å²) in [6.07, 6.45) is 0. The number of benzene rings is 1. The zero-order chi connectivity index (χ0) is 9.14. The fourth-order valence-corrected chi connectivity index (χ4v) is 1.97. The normalized spacial score (nSPS) is 10.2. The Labute approximate surface area is 89.0 Å². The Morgan fingerprint density at radius 1 is 1.58 bits per heavy atom. The van der Waals surface area contributed by atoms with Gasteiger partial charge in [-0.1, -0.05) is 11.6 Å². The molecule has 0 spiro atoms. The van der Waals surface area contributed by atoms with E-state index in [1.165, 1.54) is 0 Å². The van der Waals surface area contributed by atoms with Crippen molar-refractivity contribution in [2.24, 2.45) is 5.84 Å². The van der Waals surface area contributed by atoms with Gasteiger partial charge in [0.25, 0.3) is 0 Å². The number of hydrogen-bond acceptors (Lipinski definition) is 3. The van der Waals surface area contributed by atoms with E-state index in [1.807, 2.05) is 22.6 Å². The Morgan fingerprint density at radius 2 is 2.25 bits per heavy atom. The number of halogens is 2. The number of aromatic hydroxyl groups is 1. The first-order valence-corrected chi connectivity index (χ1v) is 4.71. The Hall–Kier alpha value is -0.0400. The molecule has 1 aromatic rings. The van der Waals surface area contributed by atoms with Crippen molar-refractivity contribution in [2.45, 2.75) is 6.54 Å². The monoisotopic (exact) mass is 298 g/mol. The van der Waals surface area contributed by atoms with E-state index < -0.39 is 0 Å². The van der Waals surface area contributed by atoms with Crippen LogP contribution in [0.25, 0.3) is 0 Å². The van der Waals surface area contributed by atoms with Crippen molar-refractivity contribution in [3.63, 3.8) is 0 Å².